The van der Waals surface area contributed by atoms with E-state index in [4.69, 9.17) is 15.2 Å². The molecule has 19 heavy (non-hydrogen) atoms. The number of nitrogens with zero attached hydrogens (tertiary/aromatic N) is 1. The molecule has 0 amide bonds. The summed E-state index contributed by atoms with van der Waals surface area (Å²) >= 11 is 0. The highest BCUT2D eigenvalue weighted by Crippen LogP contribution is 2.30. The average molecular weight is 259 g/mol. The first-order chi connectivity index (χ1) is 9.26. The summed E-state index contributed by atoms with van der Waals surface area (Å²) < 4.78 is 10.4. The molecule has 1 aromatic carbocycles. The Morgan fingerprint density at radius 3 is 2.47 bits per heavy atom. The van der Waals surface area contributed by atoms with E-state index in [0.717, 1.165) is 17.1 Å². The lowest BCUT2D eigenvalue weighted by Gasteiger charge is -2.11. The molecule has 3 N–H and O–H groups in total. The van der Waals surface area contributed by atoms with Gasteiger partial charge in [0, 0.05) is 24.5 Å². The topological polar surface area (TPSA) is 69.4 Å². The van der Waals surface area contributed by atoms with Crippen LogP contribution in [0, 0.1) is 0 Å². The maximum atomic E-state index is 5.53. The second-order valence-corrected chi connectivity index (χ2v) is 3.95. The van der Waals surface area contributed by atoms with Crippen LogP contribution >= 0.6 is 0 Å². The number of anilines is 2. The van der Waals surface area contributed by atoms with Crippen LogP contribution in [-0.4, -0.2) is 19.2 Å². The molecule has 0 saturated carbocycles. The summed E-state index contributed by atoms with van der Waals surface area (Å²) in [7, 11) is 3.22. The van der Waals surface area contributed by atoms with Crippen molar-refractivity contribution >= 4 is 11.5 Å². The van der Waals surface area contributed by atoms with Crippen molar-refractivity contribution in [3.8, 4) is 11.5 Å². The minimum Gasteiger partial charge on any atom is -0.493 e. The third-order valence-electron chi connectivity index (χ3n) is 2.72. The zero-order valence-corrected chi connectivity index (χ0v) is 11.0. The van der Waals surface area contributed by atoms with Crippen molar-refractivity contribution in [1.29, 1.82) is 0 Å². The molecule has 0 fully saturated rings. The van der Waals surface area contributed by atoms with Crippen molar-refractivity contribution in [3.05, 3.63) is 42.1 Å². The summed E-state index contributed by atoms with van der Waals surface area (Å²) in [5.41, 5.74) is 7.41. The minimum atomic E-state index is 0.490. The third kappa shape index (κ3) is 3.14. The highest BCUT2D eigenvalue weighted by Gasteiger charge is 2.05. The Kier molecular flexibility index (Phi) is 4.20. The van der Waals surface area contributed by atoms with Crippen molar-refractivity contribution < 1.29 is 9.47 Å². The second-order valence-electron chi connectivity index (χ2n) is 3.95. The molecule has 0 unspecified atom stereocenters. The fourth-order valence-electron chi connectivity index (χ4n) is 1.68. The van der Waals surface area contributed by atoms with Gasteiger partial charge in [-0.25, -0.2) is 4.98 Å². The number of hydrogen-bond donors (Lipinski definition) is 2. The van der Waals surface area contributed by atoms with Gasteiger partial charge in [0.1, 0.15) is 5.82 Å². The summed E-state index contributed by atoms with van der Waals surface area (Å²) in [6.07, 6.45) is 1.75. The predicted octanol–water partition coefficient (Wildman–Crippen LogP) is 2.30. The molecule has 0 saturated heterocycles. The number of methoxy groups -OCH3 is 2. The van der Waals surface area contributed by atoms with Crippen molar-refractivity contribution in [2.45, 2.75) is 6.54 Å². The lowest BCUT2D eigenvalue weighted by molar-refractivity contribution is 0.355. The molecule has 0 atom stereocenters. The molecule has 2 rings (SSSR count). The average Bonchev–Trinajstić information content (AvgIpc) is 2.48. The third-order valence-corrected chi connectivity index (χ3v) is 2.72. The van der Waals surface area contributed by atoms with Gasteiger partial charge in [0.2, 0.25) is 0 Å². The molecule has 2 aromatic rings. The van der Waals surface area contributed by atoms with Crippen LogP contribution < -0.4 is 20.5 Å². The lowest BCUT2D eigenvalue weighted by atomic mass is 10.2. The van der Waals surface area contributed by atoms with Crippen LogP contribution in [0.1, 0.15) is 5.56 Å². The molecular weight excluding hydrogens is 242 g/mol. The van der Waals surface area contributed by atoms with Gasteiger partial charge >= 0.3 is 0 Å². The van der Waals surface area contributed by atoms with E-state index in [-0.39, 0.29) is 0 Å². The van der Waals surface area contributed by atoms with Crippen LogP contribution in [-0.2, 0) is 6.54 Å². The largest absolute Gasteiger partial charge is 0.493 e. The SMILES string of the molecule is COc1ccc(Nc2ccc(CN)cn2)cc1OC. The van der Waals surface area contributed by atoms with E-state index in [1.807, 2.05) is 30.3 Å². The van der Waals surface area contributed by atoms with E-state index in [1.54, 1.807) is 20.4 Å². The zero-order valence-electron chi connectivity index (χ0n) is 11.0. The molecule has 1 heterocycles. The molecule has 1 aromatic heterocycles. The summed E-state index contributed by atoms with van der Waals surface area (Å²) in [5.74, 6) is 2.12. The molecule has 0 aliphatic heterocycles. The molecule has 100 valence electrons. The van der Waals surface area contributed by atoms with Gasteiger partial charge in [-0.2, -0.15) is 0 Å². The maximum absolute atomic E-state index is 5.53. The number of nitrogens with two attached hydrogens (primary N) is 1. The number of hydrogen-bond acceptors (Lipinski definition) is 5. The quantitative estimate of drug-likeness (QED) is 0.862. The molecule has 0 aliphatic carbocycles. The summed E-state index contributed by atoms with van der Waals surface area (Å²) in [4.78, 5) is 4.28. The number of nitrogens with one attached hydrogen (secondary N) is 1. The molecular formula is C14H17N3O2. The number of ether oxygens (including phenoxy) is 2. The fourth-order valence-corrected chi connectivity index (χ4v) is 1.68. The van der Waals surface area contributed by atoms with Gasteiger partial charge in [0.25, 0.3) is 0 Å². The van der Waals surface area contributed by atoms with E-state index in [1.165, 1.54) is 0 Å². The molecule has 5 nitrogen and oxygen atoms in total. The lowest BCUT2D eigenvalue weighted by Crippen LogP contribution is -1.99. The van der Waals surface area contributed by atoms with Crippen LogP contribution in [0.4, 0.5) is 11.5 Å². The van der Waals surface area contributed by atoms with E-state index in [9.17, 15) is 0 Å². The summed E-state index contributed by atoms with van der Waals surface area (Å²) in [5, 5.41) is 3.19. The fraction of sp³-hybridized carbons (Fsp3) is 0.214. The predicted molar refractivity (Wildman–Crippen MR) is 75.0 cm³/mol. The van der Waals surface area contributed by atoms with E-state index in [2.05, 4.69) is 10.3 Å². The van der Waals surface area contributed by atoms with Crippen molar-refractivity contribution in [1.82, 2.24) is 4.98 Å². The number of aromatic nitrogens is 1. The van der Waals surface area contributed by atoms with Gasteiger partial charge < -0.3 is 20.5 Å². The Hall–Kier alpha value is -2.27. The summed E-state index contributed by atoms with van der Waals surface area (Å²) in [6.45, 7) is 0.490. The minimum absolute atomic E-state index is 0.490. The zero-order chi connectivity index (χ0) is 13.7. The monoisotopic (exact) mass is 259 g/mol. The van der Waals surface area contributed by atoms with Crippen LogP contribution in [0.15, 0.2) is 36.5 Å². The first-order valence-electron chi connectivity index (χ1n) is 5.91. The van der Waals surface area contributed by atoms with Gasteiger partial charge in [-0.15, -0.1) is 0 Å². The van der Waals surface area contributed by atoms with Gasteiger partial charge in [-0.1, -0.05) is 6.07 Å². The Morgan fingerprint density at radius 1 is 1.11 bits per heavy atom. The van der Waals surface area contributed by atoms with Crippen molar-refractivity contribution in [2.75, 3.05) is 19.5 Å². The van der Waals surface area contributed by atoms with Gasteiger partial charge in [-0.05, 0) is 23.8 Å². The number of rotatable bonds is 5. The smallest absolute Gasteiger partial charge is 0.162 e. The van der Waals surface area contributed by atoms with Crippen molar-refractivity contribution in [2.24, 2.45) is 5.73 Å². The molecule has 0 aliphatic rings. The Morgan fingerprint density at radius 2 is 1.89 bits per heavy atom. The molecule has 0 spiro atoms. The van der Waals surface area contributed by atoms with Crippen LogP contribution in [0.25, 0.3) is 0 Å². The standard InChI is InChI=1S/C14H17N3O2/c1-18-12-5-4-11(7-13(12)19-2)17-14-6-3-10(8-15)9-16-14/h3-7,9H,8,15H2,1-2H3,(H,16,17). The van der Waals surface area contributed by atoms with Crippen LogP contribution in [0.2, 0.25) is 0 Å². The summed E-state index contributed by atoms with van der Waals surface area (Å²) in [6, 6.07) is 9.43. The first-order valence-corrected chi connectivity index (χ1v) is 5.91. The van der Waals surface area contributed by atoms with Gasteiger partial charge in [-0.3, -0.25) is 0 Å². The van der Waals surface area contributed by atoms with Crippen molar-refractivity contribution in [3.63, 3.8) is 0 Å². The Balaban J connectivity index is 2.18. The molecule has 0 radical (unpaired) electrons. The first kappa shape index (κ1) is 13.2. The van der Waals surface area contributed by atoms with E-state index < -0.39 is 0 Å². The molecule has 5 heteroatoms. The van der Waals surface area contributed by atoms with E-state index >= 15 is 0 Å². The Bertz CT molecular complexity index is 541. The normalized spacial score (nSPS) is 10.1. The van der Waals surface area contributed by atoms with Crippen LogP contribution in [0.5, 0.6) is 11.5 Å². The second kappa shape index (κ2) is 6.06. The number of benzene rings is 1. The number of pyridine rings is 1. The van der Waals surface area contributed by atoms with E-state index in [0.29, 0.717) is 18.0 Å². The highest BCUT2D eigenvalue weighted by molar-refractivity contribution is 5.61. The molecule has 0 bridgehead atoms. The van der Waals surface area contributed by atoms with Gasteiger partial charge in [0.15, 0.2) is 11.5 Å². The Labute approximate surface area is 112 Å². The van der Waals surface area contributed by atoms with Gasteiger partial charge in [0.05, 0.1) is 14.2 Å². The maximum Gasteiger partial charge on any atom is 0.162 e. The highest BCUT2D eigenvalue weighted by atomic mass is 16.5. The van der Waals surface area contributed by atoms with Crippen LogP contribution in [0.3, 0.4) is 0 Å².